The summed E-state index contributed by atoms with van der Waals surface area (Å²) in [5.74, 6) is 2.45. The van der Waals surface area contributed by atoms with Gasteiger partial charge in [0.25, 0.3) is 0 Å². The van der Waals surface area contributed by atoms with E-state index in [-0.39, 0.29) is 6.04 Å². The average Bonchev–Trinajstić information content (AvgIpc) is 3.24. The highest BCUT2D eigenvalue weighted by atomic mass is 35.5. The predicted molar refractivity (Wildman–Crippen MR) is 105 cm³/mol. The SMILES string of the molecule is Clc1ccc(-n2nc(C3CC3)nc2[C@@H](c2cccnc2)N2CCCC2)cc1. The Labute approximate surface area is 164 Å². The van der Waals surface area contributed by atoms with Crippen molar-refractivity contribution in [1.82, 2.24) is 24.6 Å². The molecule has 1 saturated carbocycles. The van der Waals surface area contributed by atoms with E-state index in [9.17, 15) is 0 Å². The first-order chi connectivity index (χ1) is 13.3. The van der Waals surface area contributed by atoms with Crippen LogP contribution in [-0.2, 0) is 0 Å². The van der Waals surface area contributed by atoms with Crippen LogP contribution in [-0.4, -0.2) is 37.7 Å². The zero-order valence-electron chi connectivity index (χ0n) is 15.1. The van der Waals surface area contributed by atoms with Crippen molar-refractivity contribution in [2.24, 2.45) is 0 Å². The second-order valence-electron chi connectivity index (χ2n) is 7.42. The van der Waals surface area contributed by atoms with Crippen LogP contribution >= 0.6 is 11.6 Å². The highest BCUT2D eigenvalue weighted by molar-refractivity contribution is 6.30. The van der Waals surface area contributed by atoms with E-state index in [1.807, 2.05) is 47.4 Å². The molecule has 0 spiro atoms. The average molecular weight is 380 g/mol. The standard InChI is InChI=1S/C21H22ClN5/c22-17-7-9-18(10-8-17)27-21(24-20(25-27)15-5-6-15)19(26-12-1-2-13-26)16-4-3-11-23-14-16/h3-4,7-11,14-15,19H,1-2,5-6,12-13H2/t19-/m1/s1. The monoisotopic (exact) mass is 379 g/mol. The smallest absolute Gasteiger partial charge is 0.154 e. The van der Waals surface area contributed by atoms with E-state index in [2.05, 4.69) is 16.0 Å². The number of likely N-dealkylation sites (tertiary alicyclic amines) is 1. The fraction of sp³-hybridized carbons (Fsp3) is 0.381. The summed E-state index contributed by atoms with van der Waals surface area (Å²) >= 11 is 6.10. The molecule has 3 aromatic rings. The summed E-state index contributed by atoms with van der Waals surface area (Å²) in [5.41, 5.74) is 2.17. The van der Waals surface area contributed by atoms with Crippen LogP contribution in [0.15, 0.2) is 48.8 Å². The summed E-state index contributed by atoms with van der Waals surface area (Å²) in [4.78, 5) is 11.9. The third-order valence-corrected chi connectivity index (χ3v) is 5.66. The molecule has 3 heterocycles. The van der Waals surface area contributed by atoms with Crippen molar-refractivity contribution in [1.29, 1.82) is 0 Å². The van der Waals surface area contributed by atoms with Gasteiger partial charge in [0, 0.05) is 23.3 Å². The summed E-state index contributed by atoms with van der Waals surface area (Å²) in [6.07, 6.45) is 8.60. The van der Waals surface area contributed by atoms with Crippen LogP contribution in [0.5, 0.6) is 0 Å². The van der Waals surface area contributed by atoms with Crippen molar-refractivity contribution in [3.8, 4) is 5.69 Å². The number of benzene rings is 1. The summed E-state index contributed by atoms with van der Waals surface area (Å²) in [6.45, 7) is 2.15. The second kappa shape index (κ2) is 7.06. The summed E-state index contributed by atoms with van der Waals surface area (Å²) in [7, 11) is 0. The van der Waals surface area contributed by atoms with Crippen molar-refractivity contribution >= 4 is 11.6 Å². The molecule has 0 N–H and O–H groups in total. The quantitative estimate of drug-likeness (QED) is 0.660. The molecule has 1 aromatic carbocycles. The Morgan fingerprint density at radius 1 is 1.04 bits per heavy atom. The van der Waals surface area contributed by atoms with Crippen LogP contribution in [0.25, 0.3) is 5.69 Å². The first-order valence-electron chi connectivity index (χ1n) is 9.66. The number of rotatable bonds is 5. The lowest BCUT2D eigenvalue weighted by atomic mass is 10.1. The molecular weight excluding hydrogens is 358 g/mol. The lowest BCUT2D eigenvalue weighted by Gasteiger charge is -2.27. The van der Waals surface area contributed by atoms with E-state index in [0.29, 0.717) is 5.92 Å². The Balaban J connectivity index is 1.65. The largest absolute Gasteiger partial charge is 0.290 e. The van der Waals surface area contributed by atoms with Gasteiger partial charge in [0.05, 0.1) is 11.7 Å². The lowest BCUT2D eigenvalue weighted by Crippen LogP contribution is -2.29. The molecule has 2 fully saturated rings. The van der Waals surface area contributed by atoms with Crippen molar-refractivity contribution in [2.75, 3.05) is 13.1 Å². The maximum absolute atomic E-state index is 6.10. The van der Waals surface area contributed by atoms with E-state index in [0.717, 1.165) is 35.4 Å². The lowest BCUT2D eigenvalue weighted by molar-refractivity contribution is 0.268. The molecule has 1 aliphatic heterocycles. The van der Waals surface area contributed by atoms with Gasteiger partial charge in [-0.2, -0.15) is 5.10 Å². The Kier molecular flexibility index (Phi) is 4.42. The highest BCUT2D eigenvalue weighted by Gasteiger charge is 2.34. The molecule has 0 amide bonds. The summed E-state index contributed by atoms with van der Waals surface area (Å²) < 4.78 is 2.01. The van der Waals surface area contributed by atoms with Crippen LogP contribution in [0.4, 0.5) is 0 Å². The Morgan fingerprint density at radius 2 is 1.81 bits per heavy atom. The van der Waals surface area contributed by atoms with Gasteiger partial charge in [0.15, 0.2) is 11.6 Å². The third-order valence-electron chi connectivity index (χ3n) is 5.41. The first-order valence-corrected chi connectivity index (χ1v) is 10.0. The van der Waals surface area contributed by atoms with Crippen LogP contribution in [0.3, 0.4) is 0 Å². The van der Waals surface area contributed by atoms with Gasteiger partial charge in [-0.05, 0) is 74.7 Å². The predicted octanol–water partition coefficient (Wildman–Crippen LogP) is 4.38. The van der Waals surface area contributed by atoms with Crippen molar-refractivity contribution in [2.45, 2.75) is 37.6 Å². The maximum atomic E-state index is 6.10. The minimum atomic E-state index is 0.0666. The molecule has 6 heteroatoms. The number of aromatic nitrogens is 4. The van der Waals surface area contributed by atoms with E-state index in [1.165, 1.54) is 31.2 Å². The zero-order valence-corrected chi connectivity index (χ0v) is 15.9. The van der Waals surface area contributed by atoms with Gasteiger partial charge in [0.2, 0.25) is 0 Å². The highest BCUT2D eigenvalue weighted by Crippen LogP contribution is 2.40. The molecule has 1 saturated heterocycles. The topological polar surface area (TPSA) is 46.8 Å². The van der Waals surface area contributed by atoms with Gasteiger partial charge in [-0.15, -0.1) is 0 Å². The molecule has 5 rings (SSSR count). The second-order valence-corrected chi connectivity index (χ2v) is 7.86. The Hall–Kier alpha value is -2.24. The van der Waals surface area contributed by atoms with Crippen LogP contribution < -0.4 is 0 Å². The Bertz CT molecular complexity index is 912. The van der Waals surface area contributed by atoms with Crippen molar-refractivity contribution in [3.63, 3.8) is 0 Å². The molecule has 2 aromatic heterocycles. The normalized spacial score (nSPS) is 18.7. The van der Waals surface area contributed by atoms with Gasteiger partial charge in [-0.1, -0.05) is 17.7 Å². The maximum Gasteiger partial charge on any atom is 0.154 e. The fourth-order valence-corrected chi connectivity index (χ4v) is 3.99. The summed E-state index contributed by atoms with van der Waals surface area (Å²) in [6, 6.07) is 12.1. The van der Waals surface area contributed by atoms with Crippen LogP contribution in [0.2, 0.25) is 5.02 Å². The van der Waals surface area contributed by atoms with Gasteiger partial charge in [-0.3, -0.25) is 9.88 Å². The molecule has 1 atom stereocenters. The molecule has 0 radical (unpaired) electrons. The van der Waals surface area contributed by atoms with E-state index in [1.54, 1.807) is 0 Å². The molecule has 0 bridgehead atoms. The zero-order chi connectivity index (χ0) is 18.2. The van der Waals surface area contributed by atoms with Crippen LogP contribution in [0, 0.1) is 0 Å². The third kappa shape index (κ3) is 3.37. The molecule has 1 aliphatic carbocycles. The Morgan fingerprint density at radius 3 is 2.48 bits per heavy atom. The van der Waals surface area contributed by atoms with Crippen LogP contribution in [0.1, 0.15) is 54.9 Å². The number of halogens is 1. The molecule has 138 valence electrons. The number of pyridine rings is 1. The fourth-order valence-electron chi connectivity index (χ4n) is 3.87. The van der Waals surface area contributed by atoms with Crippen molar-refractivity contribution in [3.05, 3.63) is 71.0 Å². The minimum absolute atomic E-state index is 0.0666. The molecule has 27 heavy (non-hydrogen) atoms. The number of hydrogen-bond donors (Lipinski definition) is 0. The number of nitrogens with zero attached hydrogens (tertiary/aromatic N) is 5. The summed E-state index contributed by atoms with van der Waals surface area (Å²) in [5, 5.41) is 5.63. The van der Waals surface area contributed by atoms with Gasteiger partial charge >= 0.3 is 0 Å². The minimum Gasteiger partial charge on any atom is -0.290 e. The van der Waals surface area contributed by atoms with Crippen molar-refractivity contribution < 1.29 is 0 Å². The molecule has 0 unspecified atom stereocenters. The number of hydrogen-bond acceptors (Lipinski definition) is 4. The van der Waals surface area contributed by atoms with E-state index < -0.39 is 0 Å². The molecule has 5 nitrogen and oxygen atoms in total. The first kappa shape index (κ1) is 16.9. The molecular formula is C21H22ClN5. The van der Waals surface area contributed by atoms with E-state index in [4.69, 9.17) is 21.7 Å². The van der Waals surface area contributed by atoms with Gasteiger partial charge < -0.3 is 0 Å². The molecule has 2 aliphatic rings. The van der Waals surface area contributed by atoms with Gasteiger partial charge in [0.1, 0.15) is 0 Å². The van der Waals surface area contributed by atoms with E-state index >= 15 is 0 Å². The van der Waals surface area contributed by atoms with Gasteiger partial charge in [-0.25, -0.2) is 9.67 Å².